The fraction of sp³-hybridized carbons (Fsp3) is 0.769. The number of aldehydes is 1. The Labute approximate surface area is 120 Å². The summed E-state index contributed by atoms with van der Waals surface area (Å²) in [6.07, 6.45) is 3.79. The summed E-state index contributed by atoms with van der Waals surface area (Å²) < 4.78 is 0. The van der Waals surface area contributed by atoms with Crippen molar-refractivity contribution < 1.29 is 19.5 Å². The molecule has 0 heterocycles. The van der Waals surface area contributed by atoms with Crippen molar-refractivity contribution in [1.29, 1.82) is 0 Å². The van der Waals surface area contributed by atoms with Crippen molar-refractivity contribution in [1.82, 2.24) is 10.6 Å². The van der Waals surface area contributed by atoms with Crippen molar-refractivity contribution in [3.63, 3.8) is 0 Å². The average Bonchev–Trinajstić information content (AvgIpc) is 2.41. The highest BCUT2D eigenvalue weighted by atomic mass is 16.4. The van der Waals surface area contributed by atoms with E-state index in [2.05, 4.69) is 10.6 Å². The van der Waals surface area contributed by atoms with E-state index in [1.165, 1.54) is 0 Å². The summed E-state index contributed by atoms with van der Waals surface area (Å²) in [7, 11) is 1.82. The zero-order chi connectivity index (χ0) is 15.8. The molecule has 0 fully saturated rings. The van der Waals surface area contributed by atoms with Gasteiger partial charge in [-0.3, -0.25) is 9.59 Å². The molecule has 0 bridgehead atoms. The number of aliphatic carboxylic acids is 1. The first-order valence-electron chi connectivity index (χ1n) is 6.83. The number of hydrogen-bond acceptors (Lipinski definition) is 5. The standard InChI is InChI=1S/C10H23N3O.C3H4O3/c1-3-8-13-10(14)9(12-2)6-4-5-7-11;4-2-1-3(5)6/h9,12H,3-8,11H2,1-2H3,(H,13,14);2H,1H2,(H,5,6). The summed E-state index contributed by atoms with van der Waals surface area (Å²) in [4.78, 5) is 30.1. The number of nitrogens with one attached hydrogen (secondary N) is 2. The molecule has 7 nitrogen and oxygen atoms in total. The molecular formula is C13H27N3O4. The molecule has 0 aliphatic rings. The minimum absolute atomic E-state index is 0.0619. The Bertz CT molecular complexity index is 272. The van der Waals surface area contributed by atoms with Crippen LogP contribution in [-0.4, -0.2) is 49.4 Å². The molecule has 1 amide bonds. The molecule has 1 unspecified atom stereocenters. The van der Waals surface area contributed by atoms with Crippen LogP contribution in [0.2, 0.25) is 0 Å². The normalized spacial score (nSPS) is 10.9. The lowest BCUT2D eigenvalue weighted by atomic mass is 10.1. The second kappa shape index (κ2) is 15.6. The lowest BCUT2D eigenvalue weighted by Gasteiger charge is -2.15. The van der Waals surface area contributed by atoms with E-state index >= 15 is 0 Å². The Balaban J connectivity index is 0. The monoisotopic (exact) mass is 289 g/mol. The number of carboxylic acids is 1. The topological polar surface area (TPSA) is 122 Å². The Kier molecular flexibility index (Phi) is 16.2. The van der Waals surface area contributed by atoms with Crippen molar-refractivity contribution >= 4 is 18.2 Å². The fourth-order valence-corrected chi connectivity index (χ4v) is 1.34. The van der Waals surface area contributed by atoms with Gasteiger partial charge in [-0.05, 0) is 32.9 Å². The number of nitrogens with two attached hydrogens (primary N) is 1. The van der Waals surface area contributed by atoms with Gasteiger partial charge in [0.2, 0.25) is 5.91 Å². The third-order valence-corrected chi connectivity index (χ3v) is 2.42. The van der Waals surface area contributed by atoms with E-state index in [0.29, 0.717) is 12.8 Å². The highest BCUT2D eigenvalue weighted by Gasteiger charge is 2.14. The maximum absolute atomic E-state index is 11.5. The molecule has 0 spiro atoms. The first-order valence-corrected chi connectivity index (χ1v) is 6.83. The smallest absolute Gasteiger partial charge is 0.310 e. The molecule has 7 heteroatoms. The fourth-order valence-electron chi connectivity index (χ4n) is 1.34. The molecular weight excluding hydrogens is 262 g/mol. The van der Waals surface area contributed by atoms with Crippen LogP contribution in [0.15, 0.2) is 0 Å². The molecule has 0 saturated carbocycles. The molecule has 0 radical (unpaired) electrons. The van der Waals surface area contributed by atoms with Crippen LogP contribution in [0.25, 0.3) is 0 Å². The van der Waals surface area contributed by atoms with Crippen LogP contribution < -0.4 is 16.4 Å². The lowest BCUT2D eigenvalue weighted by Crippen LogP contribution is -2.42. The number of carboxylic acid groups (broad SMARTS) is 1. The zero-order valence-electron chi connectivity index (χ0n) is 12.4. The highest BCUT2D eigenvalue weighted by molar-refractivity contribution is 5.82. The lowest BCUT2D eigenvalue weighted by molar-refractivity contribution is -0.138. The summed E-state index contributed by atoms with van der Waals surface area (Å²) in [6, 6.07) is -0.0619. The first-order chi connectivity index (χ1) is 9.53. The molecule has 118 valence electrons. The summed E-state index contributed by atoms with van der Waals surface area (Å²) in [5, 5.41) is 13.6. The Hall–Kier alpha value is -1.47. The van der Waals surface area contributed by atoms with Crippen LogP contribution in [0.5, 0.6) is 0 Å². The molecule has 0 aliphatic carbocycles. The van der Waals surface area contributed by atoms with Gasteiger partial charge in [0.15, 0.2) is 0 Å². The predicted octanol–water partition coefficient (Wildman–Crippen LogP) is -0.110. The van der Waals surface area contributed by atoms with E-state index in [0.717, 1.165) is 32.2 Å². The zero-order valence-corrected chi connectivity index (χ0v) is 12.4. The van der Waals surface area contributed by atoms with Crippen LogP contribution in [0.1, 0.15) is 39.0 Å². The van der Waals surface area contributed by atoms with Gasteiger partial charge < -0.3 is 26.3 Å². The van der Waals surface area contributed by atoms with E-state index in [1.54, 1.807) is 0 Å². The van der Waals surface area contributed by atoms with E-state index in [9.17, 15) is 14.4 Å². The van der Waals surface area contributed by atoms with Gasteiger partial charge in [-0.15, -0.1) is 0 Å². The van der Waals surface area contributed by atoms with Crippen molar-refractivity contribution in [2.24, 2.45) is 5.73 Å². The van der Waals surface area contributed by atoms with Gasteiger partial charge in [-0.1, -0.05) is 13.3 Å². The van der Waals surface area contributed by atoms with Crippen molar-refractivity contribution in [3.8, 4) is 0 Å². The second-order valence-electron chi connectivity index (χ2n) is 4.18. The number of hydrogen-bond donors (Lipinski definition) is 4. The van der Waals surface area contributed by atoms with E-state index in [-0.39, 0.29) is 18.4 Å². The molecule has 0 aromatic rings. The Morgan fingerprint density at radius 2 is 2.00 bits per heavy atom. The quantitative estimate of drug-likeness (QED) is 0.253. The molecule has 5 N–H and O–H groups in total. The molecule has 0 saturated heterocycles. The second-order valence-corrected chi connectivity index (χ2v) is 4.18. The summed E-state index contributed by atoms with van der Waals surface area (Å²) in [5.74, 6) is -0.976. The molecule has 0 aromatic carbocycles. The van der Waals surface area contributed by atoms with Gasteiger partial charge in [-0.2, -0.15) is 0 Å². The number of rotatable bonds is 10. The van der Waals surface area contributed by atoms with Crippen LogP contribution in [0.3, 0.4) is 0 Å². The first kappa shape index (κ1) is 20.8. The summed E-state index contributed by atoms with van der Waals surface area (Å²) in [6.45, 7) is 3.50. The van der Waals surface area contributed by atoms with Crippen LogP contribution >= 0.6 is 0 Å². The van der Waals surface area contributed by atoms with Gasteiger partial charge >= 0.3 is 5.97 Å². The molecule has 0 rings (SSSR count). The Morgan fingerprint density at radius 1 is 1.35 bits per heavy atom. The minimum atomic E-state index is -1.08. The van der Waals surface area contributed by atoms with Crippen molar-refractivity contribution in [2.45, 2.75) is 45.1 Å². The van der Waals surface area contributed by atoms with Crippen molar-refractivity contribution in [3.05, 3.63) is 0 Å². The van der Waals surface area contributed by atoms with Crippen molar-refractivity contribution in [2.75, 3.05) is 20.1 Å². The van der Waals surface area contributed by atoms with Crippen LogP contribution in [0.4, 0.5) is 0 Å². The Morgan fingerprint density at radius 3 is 2.35 bits per heavy atom. The molecule has 1 atom stereocenters. The molecule has 20 heavy (non-hydrogen) atoms. The van der Waals surface area contributed by atoms with Gasteiger partial charge in [0.05, 0.1) is 6.04 Å². The SMILES string of the molecule is CCCNC(=O)C(CCCCN)NC.O=CCC(=O)O. The maximum atomic E-state index is 11.5. The van der Waals surface area contributed by atoms with E-state index < -0.39 is 5.97 Å². The van der Waals surface area contributed by atoms with Gasteiger partial charge in [-0.25, -0.2) is 0 Å². The van der Waals surface area contributed by atoms with E-state index in [1.807, 2.05) is 14.0 Å². The van der Waals surface area contributed by atoms with Gasteiger partial charge in [0.25, 0.3) is 0 Å². The minimum Gasteiger partial charge on any atom is -0.481 e. The number of carbonyl (C=O) groups excluding carboxylic acids is 2. The number of amides is 1. The summed E-state index contributed by atoms with van der Waals surface area (Å²) >= 11 is 0. The highest BCUT2D eigenvalue weighted by Crippen LogP contribution is 1.99. The maximum Gasteiger partial charge on any atom is 0.310 e. The predicted molar refractivity (Wildman–Crippen MR) is 77.4 cm³/mol. The summed E-state index contributed by atoms with van der Waals surface area (Å²) in [5.41, 5.74) is 5.39. The van der Waals surface area contributed by atoms with Crippen LogP contribution in [0, 0.1) is 0 Å². The molecule has 0 aliphatic heterocycles. The van der Waals surface area contributed by atoms with Gasteiger partial charge in [0.1, 0.15) is 12.7 Å². The third kappa shape index (κ3) is 14.6. The molecule has 0 aromatic heterocycles. The third-order valence-electron chi connectivity index (χ3n) is 2.42. The van der Waals surface area contributed by atoms with E-state index in [4.69, 9.17) is 10.8 Å². The number of unbranched alkanes of at least 4 members (excludes halogenated alkanes) is 1. The number of likely N-dealkylation sites (N-methyl/N-ethyl adjacent to an activating group) is 1. The number of carbonyl (C=O) groups is 3. The van der Waals surface area contributed by atoms with Gasteiger partial charge in [0, 0.05) is 6.54 Å². The average molecular weight is 289 g/mol. The largest absolute Gasteiger partial charge is 0.481 e. The van der Waals surface area contributed by atoms with Crippen LogP contribution in [-0.2, 0) is 14.4 Å².